The summed E-state index contributed by atoms with van der Waals surface area (Å²) in [6.45, 7) is 0. The maximum absolute atomic E-state index is 10.6. The van der Waals surface area contributed by atoms with Gasteiger partial charge in [-0.3, -0.25) is 10.1 Å². The Kier molecular flexibility index (Phi) is 12.3. The number of carbonyl (C=O) groups is 2. The van der Waals surface area contributed by atoms with E-state index in [1.807, 2.05) is 0 Å². The number of carboxylic acid groups (broad SMARTS) is 2. The minimum atomic E-state index is -1.50. The van der Waals surface area contributed by atoms with Gasteiger partial charge in [0.15, 0.2) is 17.2 Å². The molecule has 5 N–H and O–H groups in total. The van der Waals surface area contributed by atoms with Gasteiger partial charge in [-0.2, -0.15) is 0 Å². The van der Waals surface area contributed by atoms with Crippen LogP contribution in [0.4, 0.5) is 5.69 Å². The molecule has 15 heteroatoms. The third kappa shape index (κ3) is 9.12. The van der Waals surface area contributed by atoms with Crippen molar-refractivity contribution in [2.45, 2.75) is 7.43 Å². The van der Waals surface area contributed by atoms with Crippen LogP contribution >= 0.6 is 0 Å². The van der Waals surface area contributed by atoms with Gasteiger partial charge in [0.05, 0.1) is 30.3 Å². The molecule has 0 bridgehead atoms. The average Bonchev–Trinajstić information content (AvgIpc) is 2.68. The van der Waals surface area contributed by atoms with Crippen LogP contribution in [-0.4, -0.2) is 61.8 Å². The van der Waals surface area contributed by atoms with Crippen LogP contribution in [0.5, 0.6) is 23.0 Å². The zero-order chi connectivity index (χ0) is 24.3. The largest absolute Gasteiger partial charge is 0.504 e. The number of nitro groups is 1. The summed E-state index contributed by atoms with van der Waals surface area (Å²) < 4.78 is 9.33. The molecule has 0 aliphatic rings. The fourth-order valence-electron chi connectivity index (χ4n) is 1.82. The van der Waals surface area contributed by atoms with Crippen molar-refractivity contribution in [2.24, 2.45) is 0 Å². The van der Waals surface area contributed by atoms with Crippen LogP contribution in [0.25, 0.3) is 0 Å². The van der Waals surface area contributed by atoms with Crippen LogP contribution < -0.4 is 9.47 Å². The predicted octanol–water partition coefficient (Wildman–Crippen LogP) is 2.39. The van der Waals surface area contributed by atoms with Gasteiger partial charge in [-0.25, -0.2) is 9.59 Å². The number of aromatic hydroxyl groups is 2. The summed E-state index contributed by atoms with van der Waals surface area (Å²) in [7, 11) is 2.53. The number of phenolic OH excluding ortho intramolecular Hbond substituents is 2. The van der Waals surface area contributed by atoms with Crippen LogP contribution in [0.1, 0.15) is 28.1 Å². The first-order valence-electron chi connectivity index (χ1n) is 7.57. The van der Waals surface area contributed by atoms with E-state index in [0.717, 1.165) is 12.1 Å². The van der Waals surface area contributed by atoms with E-state index in [9.17, 15) is 24.8 Å². The minimum Gasteiger partial charge on any atom is -0.504 e. The second-order valence-electron chi connectivity index (χ2n) is 5.04. The lowest BCUT2D eigenvalue weighted by Gasteiger charge is -2.04. The lowest BCUT2D eigenvalue weighted by Crippen LogP contribution is -2.00. The van der Waals surface area contributed by atoms with Crippen molar-refractivity contribution in [3.63, 3.8) is 0 Å². The Bertz CT molecular complexity index is 971. The van der Waals surface area contributed by atoms with Crippen molar-refractivity contribution in [1.29, 1.82) is 0 Å². The normalized spacial score (nSPS) is 8.81. The maximum atomic E-state index is 10.6. The topological polar surface area (TPSA) is 240 Å². The highest BCUT2D eigenvalue weighted by Gasteiger charge is 2.22. The number of hydrogen-bond donors (Lipinski definition) is 5. The van der Waals surface area contributed by atoms with Gasteiger partial charge in [-0.1, -0.05) is 7.43 Å². The lowest BCUT2D eigenvalue weighted by atomic mass is 10.1. The summed E-state index contributed by atoms with van der Waals surface area (Å²) in [4.78, 5) is 39.0. The molecule has 2 aromatic rings. The summed E-state index contributed by atoms with van der Waals surface area (Å²) in [5, 5.41) is 59.7. The maximum Gasteiger partial charge on any atom is 0.336 e. The van der Waals surface area contributed by atoms with Gasteiger partial charge in [0.2, 0.25) is 5.75 Å². The summed E-state index contributed by atoms with van der Waals surface area (Å²) in [6, 6.07) is 5.62. The van der Waals surface area contributed by atoms with Crippen LogP contribution in [-0.2, 0) is 0 Å². The molecule has 0 radical (unpaired) electrons. The van der Waals surface area contributed by atoms with Gasteiger partial charge >= 0.3 is 17.6 Å². The zero-order valence-corrected chi connectivity index (χ0v) is 15.8. The Morgan fingerprint density at radius 2 is 1.31 bits per heavy atom. The molecular weight excluding hydrogens is 440 g/mol. The standard InChI is InChI=1S/C8H7NO6.C8H8O4.CH4.HNO3/c1-15-6-3-4(8(11)12)2-5(7(6)10)9(13)14;1-12-7-4-5(8(10)11)2-3-6(7)9;;2-1(3)4/h2-3,10H,1H3,(H,11,12);2-4,9H,1H3,(H,10,11);1H4;(H,2,3,4). The smallest absolute Gasteiger partial charge is 0.336 e. The van der Waals surface area contributed by atoms with E-state index in [0.29, 0.717) is 0 Å². The number of nitrogens with zero attached hydrogens (tertiary/aromatic N) is 2. The molecule has 0 heterocycles. The molecule has 0 atom stereocenters. The highest BCUT2D eigenvalue weighted by Crippen LogP contribution is 2.36. The van der Waals surface area contributed by atoms with Gasteiger partial charge in [-0.05, 0) is 24.3 Å². The van der Waals surface area contributed by atoms with E-state index < -0.39 is 33.4 Å². The van der Waals surface area contributed by atoms with E-state index in [1.54, 1.807) is 0 Å². The average molecular weight is 460 g/mol. The van der Waals surface area contributed by atoms with E-state index >= 15 is 0 Å². The number of rotatable bonds is 5. The zero-order valence-electron chi connectivity index (χ0n) is 15.8. The molecule has 0 aliphatic carbocycles. The number of nitro benzene ring substituents is 1. The highest BCUT2D eigenvalue weighted by atomic mass is 16.9. The van der Waals surface area contributed by atoms with E-state index in [-0.39, 0.29) is 35.8 Å². The molecule has 2 rings (SSSR count). The number of phenols is 2. The first-order valence-corrected chi connectivity index (χ1v) is 7.57. The summed E-state index contributed by atoms with van der Waals surface area (Å²) in [5.74, 6) is -3.23. The van der Waals surface area contributed by atoms with Crippen molar-refractivity contribution in [2.75, 3.05) is 14.2 Å². The second kappa shape index (κ2) is 13.4. The number of hydrogen-bond acceptors (Lipinski definition) is 10. The van der Waals surface area contributed by atoms with Crippen molar-refractivity contribution in [1.82, 2.24) is 0 Å². The predicted molar refractivity (Wildman–Crippen MR) is 105 cm³/mol. The Morgan fingerprint density at radius 1 is 0.875 bits per heavy atom. The lowest BCUT2D eigenvalue weighted by molar-refractivity contribution is -0.742. The van der Waals surface area contributed by atoms with Crippen LogP contribution in [0.15, 0.2) is 30.3 Å². The highest BCUT2D eigenvalue weighted by molar-refractivity contribution is 5.90. The third-order valence-corrected chi connectivity index (χ3v) is 3.15. The molecule has 2 aromatic carbocycles. The number of ether oxygens (including phenoxy) is 2. The van der Waals surface area contributed by atoms with Crippen LogP contribution in [0.2, 0.25) is 0 Å². The summed E-state index contributed by atoms with van der Waals surface area (Å²) >= 11 is 0. The van der Waals surface area contributed by atoms with Crippen LogP contribution in [0, 0.1) is 20.2 Å². The molecule has 176 valence electrons. The monoisotopic (exact) mass is 460 g/mol. The summed E-state index contributed by atoms with van der Waals surface area (Å²) in [5.41, 5.74) is -0.937. The number of methoxy groups -OCH3 is 2. The van der Waals surface area contributed by atoms with Gasteiger partial charge in [0.25, 0.3) is 5.09 Å². The quantitative estimate of drug-likeness (QED) is 0.318. The Morgan fingerprint density at radius 3 is 1.69 bits per heavy atom. The Hall–Kier alpha value is -4.82. The van der Waals surface area contributed by atoms with E-state index in [1.165, 1.54) is 32.4 Å². The first kappa shape index (κ1) is 29.4. The molecule has 32 heavy (non-hydrogen) atoms. The fraction of sp³-hybridized carbons (Fsp3) is 0.176. The third-order valence-electron chi connectivity index (χ3n) is 3.15. The molecule has 0 unspecified atom stereocenters. The van der Waals surface area contributed by atoms with Crippen LogP contribution in [0.3, 0.4) is 0 Å². The van der Waals surface area contributed by atoms with Gasteiger partial charge in [0.1, 0.15) is 0 Å². The Labute approximate surface area is 179 Å². The van der Waals surface area contributed by atoms with Crippen molar-refractivity contribution in [3.8, 4) is 23.0 Å². The number of benzene rings is 2. The molecule has 0 saturated heterocycles. The molecule has 0 aromatic heterocycles. The summed E-state index contributed by atoms with van der Waals surface area (Å²) in [6.07, 6.45) is 0. The molecule has 0 saturated carbocycles. The van der Waals surface area contributed by atoms with Gasteiger partial charge in [0, 0.05) is 6.07 Å². The number of aromatic carboxylic acids is 2. The Balaban J connectivity index is 0. The van der Waals surface area contributed by atoms with Crippen molar-refractivity contribution >= 4 is 17.6 Å². The van der Waals surface area contributed by atoms with Crippen molar-refractivity contribution < 1.29 is 54.7 Å². The van der Waals surface area contributed by atoms with Gasteiger partial charge < -0.3 is 35.1 Å². The molecule has 0 spiro atoms. The molecule has 0 fully saturated rings. The van der Waals surface area contributed by atoms with E-state index in [4.69, 9.17) is 35.4 Å². The molecular formula is C17H20N2O13. The van der Waals surface area contributed by atoms with Crippen molar-refractivity contribution in [3.05, 3.63) is 61.7 Å². The minimum absolute atomic E-state index is 0. The first-order chi connectivity index (χ1) is 14.3. The number of carboxylic acids is 2. The molecule has 0 aliphatic heterocycles. The van der Waals surface area contributed by atoms with E-state index in [2.05, 4.69) is 4.74 Å². The molecule has 15 nitrogen and oxygen atoms in total. The molecule has 0 amide bonds. The van der Waals surface area contributed by atoms with Gasteiger partial charge in [-0.15, -0.1) is 10.1 Å². The SMILES string of the molecule is C.COc1cc(C(=O)O)cc([N+](=O)[O-])c1O.COc1cc(C(=O)O)ccc1O.O=[N+]([O-])O. The second-order valence-corrected chi connectivity index (χ2v) is 5.04. The fourth-order valence-corrected chi connectivity index (χ4v) is 1.82.